The van der Waals surface area contributed by atoms with Crippen LogP contribution in [0.3, 0.4) is 0 Å². The molecule has 56 heavy (non-hydrogen) atoms. The number of fused-ring (bicyclic) bond motifs is 6. The molecule has 0 aliphatic heterocycles. The van der Waals surface area contributed by atoms with Crippen molar-refractivity contribution in [3.63, 3.8) is 0 Å². The second-order valence-electron chi connectivity index (χ2n) is 13.9. The van der Waals surface area contributed by atoms with E-state index in [2.05, 4.69) is 132 Å². The van der Waals surface area contributed by atoms with E-state index >= 15 is 0 Å². The van der Waals surface area contributed by atoms with Gasteiger partial charge in [-0.15, -0.1) is 0 Å². The first-order chi connectivity index (χ1) is 27.7. The minimum absolute atomic E-state index is 0.372. The number of amidine groups is 2. The van der Waals surface area contributed by atoms with Crippen LogP contribution in [0, 0.1) is 0 Å². The van der Waals surface area contributed by atoms with Gasteiger partial charge >= 0.3 is 0 Å². The number of aromatic nitrogens is 1. The summed E-state index contributed by atoms with van der Waals surface area (Å²) in [6.45, 7) is 0.487. The third kappa shape index (κ3) is 5.83. The molecule has 2 aromatic heterocycles. The van der Waals surface area contributed by atoms with E-state index in [0.29, 0.717) is 18.2 Å². The van der Waals surface area contributed by atoms with Gasteiger partial charge in [-0.05, 0) is 58.1 Å². The van der Waals surface area contributed by atoms with Crippen molar-refractivity contribution < 1.29 is 4.42 Å². The number of furan rings is 1. The van der Waals surface area contributed by atoms with Gasteiger partial charge in [-0.25, -0.2) is 4.99 Å². The number of aliphatic imine (C=N–C) groups is 2. The number of nitrogens with zero attached hydrogens (tertiary/aromatic N) is 3. The van der Waals surface area contributed by atoms with Gasteiger partial charge in [0.1, 0.15) is 11.4 Å². The van der Waals surface area contributed by atoms with Crippen molar-refractivity contribution in [3.05, 3.63) is 211 Å². The molecular weight excluding hydrogens is 685 g/mol. The second kappa shape index (κ2) is 14.0. The summed E-state index contributed by atoms with van der Waals surface area (Å²) in [5.74, 6) is 0.947. The van der Waals surface area contributed by atoms with Crippen LogP contribution >= 0.6 is 0 Å². The molecule has 10 rings (SSSR count). The van der Waals surface area contributed by atoms with Crippen LogP contribution in [0.2, 0.25) is 0 Å². The molecule has 0 radical (unpaired) electrons. The van der Waals surface area contributed by atoms with Crippen molar-refractivity contribution in [2.45, 2.75) is 6.54 Å². The van der Waals surface area contributed by atoms with Crippen molar-refractivity contribution in [1.82, 2.24) is 4.57 Å². The molecule has 0 aliphatic rings. The Morgan fingerprint density at radius 1 is 0.536 bits per heavy atom. The van der Waals surface area contributed by atoms with Crippen LogP contribution in [0.25, 0.3) is 71.7 Å². The molecule has 0 atom stereocenters. The fraction of sp³-hybridized carbons (Fsp3) is 0.0196. The third-order valence-electron chi connectivity index (χ3n) is 10.5. The lowest BCUT2D eigenvalue weighted by Crippen LogP contribution is -2.17. The lowest BCUT2D eigenvalue weighted by Gasteiger charge is -2.12. The van der Waals surface area contributed by atoms with E-state index in [1.54, 1.807) is 0 Å². The molecule has 0 spiro atoms. The number of hydrogen-bond acceptors (Lipinski definition) is 2. The van der Waals surface area contributed by atoms with Crippen molar-refractivity contribution >= 4 is 55.4 Å². The van der Waals surface area contributed by atoms with Gasteiger partial charge < -0.3 is 14.7 Å². The number of hydrogen-bond donors (Lipinski definition) is 1. The summed E-state index contributed by atoms with van der Waals surface area (Å²) in [7, 11) is 0. The standard InChI is InChI=1S/C51H36N4O/c52-50(54-51(37-23-11-4-12-24-37)53-33-34-17-5-1-6-18-34)41-27-16-30-46-48(41)40-26-15-29-44(49(40)56-46)55-43-28-14-13-25-39(43)47-42(36-21-9-3-10-22-36)31-38(32-45(47)55)35-19-7-2-8-20-35/h1-32H,33H2,(H2,52,53,54). The molecule has 0 aliphatic carbocycles. The van der Waals surface area contributed by atoms with Crippen LogP contribution in [0.1, 0.15) is 16.7 Å². The monoisotopic (exact) mass is 720 g/mol. The zero-order valence-electron chi connectivity index (χ0n) is 30.5. The number of nitrogens with two attached hydrogens (primary N) is 1. The van der Waals surface area contributed by atoms with Gasteiger partial charge in [0.15, 0.2) is 11.4 Å². The SMILES string of the molecule is N/C(=N\C(=N/Cc1ccccc1)c1ccccc1)c1cccc2oc3c(-n4c5ccccc5c5c(-c6ccccc6)cc(-c6ccccc6)cc54)cccc3c12. The second-order valence-corrected chi connectivity index (χ2v) is 13.9. The molecule has 0 saturated carbocycles. The van der Waals surface area contributed by atoms with Crippen LogP contribution < -0.4 is 5.73 Å². The van der Waals surface area contributed by atoms with Gasteiger partial charge in [-0.1, -0.05) is 164 Å². The average Bonchev–Trinajstić information content (AvgIpc) is 3.82. The highest BCUT2D eigenvalue weighted by Gasteiger charge is 2.22. The van der Waals surface area contributed by atoms with Crippen LogP contribution in [0.5, 0.6) is 0 Å². The molecular formula is C51H36N4O. The molecule has 8 aromatic carbocycles. The van der Waals surface area contributed by atoms with Gasteiger partial charge in [0.2, 0.25) is 0 Å². The molecule has 0 bridgehead atoms. The Kier molecular flexibility index (Phi) is 8.30. The fourth-order valence-electron chi connectivity index (χ4n) is 7.92. The minimum Gasteiger partial charge on any atom is -0.454 e. The van der Waals surface area contributed by atoms with Gasteiger partial charge in [-0.2, -0.15) is 0 Å². The first-order valence-corrected chi connectivity index (χ1v) is 18.8. The van der Waals surface area contributed by atoms with E-state index in [-0.39, 0.29) is 0 Å². The molecule has 0 saturated heterocycles. The summed E-state index contributed by atoms with van der Waals surface area (Å²) in [4.78, 5) is 9.94. The number of rotatable bonds is 7. The molecule has 266 valence electrons. The van der Waals surface area contributed by atoms with Gasteiger partial charge in [0.05, 0.1) is 23.3 Å². The maximum absolute atomic E-state index is 6.97. The molecule has 5 heteroatoms. The average molecular weight is 721 g/mol. The van der Waals surface area contributed by atoms with Crippen molar-refractivity contribution in [2.24, 2.45) is 15.7 Å². The Morgan fingerprint density at radius 2 is 1.18 bits per heavy atom. The molecule has 0 unspecified atom stereocenters. The number of benzene rings is 8. The summed E-state index contributed by atoms with van der Waals surface area (Å²) in [6.07, 6.45) is 0. The Hall–Kier alpha value is -7.50. The van der Waals surface area contributed by atoms with Crippen molar-refractivity contribution in [1.29, 1.82) is 0 Å². The maximum Gasteiger partial charge on any atom is 0.159 e. The number of para-hydroxylation sites is 2. The van der Waals surface area contributed by atoms with E-state index in [1.165, 1.54) is 21.9 Å². The summed E-state index contributed by atoms with van der Waals surface area (Å²) in [5.41, 5.74) is 19.1. The van der Waals surface area contributed by atoms with Crippen LogP contribution in [0.4, 0.5) is 0 Å². The predicted octanol–water partition coefficient (Wildman–Crippen LogP) is 12.4. The predicted molar refractivity (Wildman–Crippen MR) is 233 cm³/mol. The van der Waals surface area contributed by atoms with E-state index in [4.69, 9.17) is 20.1 Å². The molecule has 10 aromatic rings. The maximum atomic E-state index is 6.97. The first-order valence-electron chi connectivity index (χ1n) is 18.8. The molecule has 2 N–H and O–H groups in total. The van der Waals surface area contributed by atoms with Crippen LogP contribution in [-0.2, 0) is 6.54 Å². The normalized spacial score (nSPS) is 12.3. The van der Waals surface area contributed by atoms with Crippen LogP contribution in [-0.4, -0.2) is 16.2 Å². The lowest BCUT2D eigenvalue weighted by molar-refractivity contribution is 0.666. The summed E-state index contributed by atoms with van der Waals surface area (Å²) >= 11 is 0. The van der Waals surface area contributed by atoms with Gasteiger partial charge in [0, 0.05) is 32.7 Å². The third-order valence-corrected chi connectivity index (χ3v) is 10.5. The topological polar surface area (TPSA) is 68.8 Å². The van der Waals surface area contributed by atoms with Crippen molar-refractivity contribution in [3.8, 4) is 27.9 Å². The highest BCUT2D eigenvalue weighted by Crippen LogP contribution is 2.43. The molecule has 2 heterocycles. The fourth-order valence-corrected chi connectivity index (χ4v) is 7.92. The molecule has 0 fully saturated rings. The van der Waals surface area contributed by atoms with E-state index in [1.807, 2.05) is 66.7 Å². The highest BCUT2D eigenvalue weighted by atomic mass is 16.3. The molecule has 5 nitrogen and oxygen atoms in total. The zero-order valence-corrected chi connectivity index (χ0v) is 30.5. The summed E-state index contributed by atoms with van der Waals surface area (Å²) in [5, 5.41) is 4.24. The minimum atomic E-state index is 0.372. The van der Waals surface area contributed by atoms with Gasteiger partial charge in [0.25, 0.3) is 0 Å². The zero-order chi connectivity index (χ0) is 37.4. The van der Waals surface area contributed by atoms with Crippen LogP contribution in [0.15, 0.2) is 209 Å². The van der Waals surface area contributed by atoms with E-state index in [9.17, 15) is 0 Å². The van der Waals surface area contributed by atoms with E-state index < -0.39 is 0 Å². The van der Waals surface area contributed by atoms with Gasteiger partial charge in [-0.3, -0.25) is 4.99 Å². The Bertz CT molecular complexity index is 3090. The van der Waals surface area contributed by atoms with Crippen molar-refractivity contribution in [2.75, 3.05) is 0 Å². The first kappa shape index (κ1) is 33.1. The van der Waals surface area contributed by atoms with E-state index in [0.717, 1.165) is 66.5 Å². The highest BCUT2D eigenvalue weighted by molar-refractivity contribution is 6.22. The largest absolute Gasteiger partial charge is 0.454 e. The molecule has 0 amide bonds. The Balaban J connectivity index is 1.19. The smallest absolute Gasteiger partial charge is 0.159 e. The summed E-state index contributed by atoms with van der Waals surface area (Å²) < 4.78 is 9.22. The quantitative estimate of drug-likeness (QED) is 0.132. The Labute approximate surface area is 324 Å². The Morgan fingerprint density at radius 3 is 1.95 bits per heavy atom. The summed E-state index contributed by atoms with van der Waals surface area (Å²) in [6, 6.07) is 67.1. The lowest BCUT2D eigenvalue weighted by atomic mass is 9.94.